The Balaban J connectivity index is 0.000000260. The first-order chi connectivity index (χ1) is 15.3. The molecule has 3 rings (SSSR count). The molecule has 4 N–H and O–H groups in total. The molecule has 1 fully saturated rings. The van der Waals surface area contributed by atoms with Gasteiger partial charge >= 0.3 is 17.9 Å². The lowest BCUT2D eigenvalue weighted by Gasteiger charge is -2.23. The minimum Gasteiger partial charge on any atom is -0.481 e. The second kappa shape index (κ2) is 10.7. The predicted molar refractivity (Wildman–Crippen MR) is 117 cm³/mol. The number of aliphatic hydroxyl groups is 1. The summed E-state index contributed by atoms with van der Waals surface area (Å²) in [5.74, 6) is -4.42. The molecule has 0 saturated carbocycles. The van der Waals surface area contributed by atoms with E-state index in [4.69, 9.17) is 20.4 Å². The molecule has 11 nitrogen and oxygen atoms in total. The van der Waals surface area contributed by atoms with Gasteiger partial charge in [0.2, 0.25) is 0 Å². The zero-order valence-electron chi connectivity index (χ0n) is 17.9. The van der Waals surface area contributed by atoms with Crippen LogP contribution >= 0.6 is 0 Å². The average Bonchev–Trinajstić information content (AvgIpc) is 3.07. The van der Waals surface area contributed by atoms with Gasteiger partial charge in [-0.05, 0) is 31.2 Å². The van der Waals surface area contributed by atoms with Crippen LogP contribution in [0, 0.1) is 0 Å². The number of carbonyl (C=O) groups is 3. The summed E-state index contributed by atoms with van der Waals surface area (Å²) in [6, 6.07) is 10.2. The fraction of sp³-hybridized carbons (Fsp3) is 0.429. The number of rotatable bonds is 8. The van der Waals surface area contributed by atoms with Crippen LogP contribution in [0.25, 0.3) is 10.9 Å². The topological polar surface area (TPSA) is 182 Å². The van der Waals surface area contributed by atoms with E-state index in [0.717, 1.165) is 23.9 Å². The van der Waals surface area contributed by atoms with E-state index in [-0.39, 0.29) is 11.8 Å². The number of para-hydroxylation sites is 1. The molecule has 1 atom stereocenters. The van der Waals surface area contributed by atoms with Gasteiger partial charge in [-0.1, -0.05) is 18.2 Å². The smallest absolute Gasteiger partial charge is 0.336 e. The van der Waals surface area contributed by atoms with Crippen LogP contribution in [-0.4, -0.2) is 86.8 Å². The Hall–Kier alpha value is -3.09. The van der Waals surface area contributed by atoms with Crippen LogP contribution in [0.15, 0.2) is 36.5 Å². The highest BCUT2D eigenvalue weighted by Crippen LogP contribution is 2.22. The van der Waals surface area contributed by atoms with Crippen LogP contribution in [0.4, 0.5) is 0 Å². The number of sulfone groups is 1. The van der Waals surface area contributed by atoms with Crippen molar-refractivity contribution in [3.8, 4) is 0 Å². The Labute approximate surface area is 190 Å². The SMILES string of the molecule is CN(Cc1ccnc2ccccc12)C1CCS(=O)(=O)C1.O=C(O)CC(O)(CC(=O)O)C(=O)O. The molecule has 2 aromatic rings. The van der Waals surface area contributed by atoms with E-state index in [1.165, 1.54) is 5.56 Å². The number of hydrogen-bond donors (Lipinski definition) is 4. The molecule has 0 aliphatic carbocycles. The lowest BCUT2D eigenvalue weighted by Crippen LogP contribution is -2.42. The van der Waals surface area contributed by atoms with Crippen LogP contribution in [0.5, 0.6) is 0 Å². The third kappa shape index (κ3) is 7.48. The van der Waals surface area contributed by atoms with E-state index in [2.05, 4.69) is 16.0 Å². The highest BCUT2D eigenvalue weighted by atomic mass is 32.2. The maximum absolute atomic E-state index is 11.6. The molecule has 1 aliphatic rings. The van der Waals surface area contributed by atoms with Crippen molar-refractivity contribution in [2.24, 2.45) is 0 Å². The number of aliphatic carboxylic acids is 3. The Bertz CT molecular complexity index is 1110. The third-order valence-corrected chi connectivity index (χ3v) is 7.03. The first-order valence-corrected chi connectivity index (χ1v) is 11.8. The maximum atomic E-state index is 11.6. The third-order valence-electron chi connectivity index (χ3n) is 5.28. The number of nitrogens with zero attached hydrogens (tertiary/aromatic N) is 2. The Morgan fingerprint density at radius 3 is 2.21 bits per heavy atom. The molecular formula is C21H26N2O9S. The molecule has 12 heteroatoms. The lowest BCUT2D eigenvalue weighted by molar-refractivity contribution is -0.170. The number of pyridine rings is 1. The van der Waals surface area contributed by atoms with Crippen molar-refractivity contribution < 1.29 is 43.2 Å². The zero-order chi connectivity index (χ0) is 24.8. The van der Waals surface area contributed by atoms with Gasteiger partial charge in [0.05, 0.1) is 29.9 Å². The molecule has 0 radical (unpaired) electrons. The van der Waals surface area contributed by atoms with Gasteiger partial charge in [-0.25, -0.2) is 13.2 Å². The Morgan fingerprint density at radius 2 is 1.70 bits per heavy atom. The molecule has 180 valence electrons. The van der Waals surface area contributed by atoms with Crippen molar-refractivity contribution in [2.45, 2.75) is 37.5 Å². The van der Waals surface area contributed by atoms with Crippen LogP contribution < -0.4 is 0 Å². The summed E-state index contributed by atoms with van der Waals surface area (Å²) in [5.41, 5.74) is -0.558. The van der Waals surface area contributed by atoms with Crippen molar-refractivity contribution in [3.63, 3.8) is 0 Å². The summed E-state index contributed by atoms with van der Waals surface area (Å²) in [5, 5.41) is 35.0. The second-order valence-corrected chi connectivity index (χ2v) is 10.2. The van der Waals surface area contributed by atoms with E-state index in [9.17, 15) is 22.8 Å². The second-order valence-electron chi connectivity index (χ2n) is 7.94. The first kappa shape index (κ1) is 26.2. The molecule has 1 aromatic heterocycles. The minimum atomic E-state index is -2.83. The van der Waals surface area contributed by atoms with Gasteiger partial charge in [0.25, 0.3) is 0 Å². The van der Waals surface area contributed by atoms with Gasteiger partial charge in [-0.2, -0.15) is 0 Å². The summed E-state index contributed by atoms with van der Waals surface area (Å²) in [7, 11) is -0.829. The summed E-state index contributed by atoms with van der Waals surface area (Å²) in [6.07, 6.45) is 0.266. The summed E-state index contributed by atoms with van der Waals surface area (Å²) in [4.78, 5) is 37.0. The van der Waals surface area contributed by atoms with Gasteiger partial charge in [0, 0.05) is 24.2 Å². The molecule has 33 heavy (non-hydrogen) atoms. The molecule has 0 amide bonds. The monoisotopic (exact) mass is 482 g/mol. The molecule has 0 bridgehead atoms. The average molecular weight is 483 g/mol. The van der Waals surface area contributed by atoms with Crippen LogP contribution in [0.1, 0.15) is 24.8 Å². The number of benzene rings is 1. The Kier molecular flexibility index (Phi) is 8.47. The largest absolute Gasteiger partial charge is 0.481 e. The molecule has 1 aliphatic heterocycles. The van der Waals surface area contributed by atoms with Crippen LogP contribution in [0.2, 0.25) is 0 Å². The van der Waals surface area contributed by atoms with Crippen molar-refractivity contribution in [1.29, 1.82) is 0 Å². The highest BCUT2D eigenvalue weighted by Gasteiger charge is 2.40. The fourth-order valence-electron chi connectivity index (χ4n) is 3.53. The van der Waals surface area contributed by atoms with Crippen LogP contribution in [-0.2, 0) is 30.8 Å². The number of aromatic nitrogens is 1. The molecule has 1 saturated heterocycles. The van der Waals surface area contributed by atoms with Crippen molar-refractivity contribution >= 4 is 38.6 Å². The van der Waals surface area contributed by atoms with E-state index in [0.29, 0.717) is 5.75 Å². The molecular weight excluding hydrogens is 456 g/mol. The highest BCUT2D eigenvalue weighted by molar-refractivity contribution is 7.91. The van der Waals surface area contributed by atoms with Crippen molar-refractivity contribution in [3.05, 3.63) is 42.1 Å². The number of carboxylic acid groups (broad SMARTS) is 3. The fourth-order valence-corrected chi connectivity index (χ4v) is 5.33. The summed E-state index contributed by atoms with van der Waals surface area (Å²) >= 11 is 0. The van der Waals surface area contributed by atoms with E-state index < -0.39 is 46.2 Å². The van der Waals surface area contributed by atoms with Crippen molar-refractivity contribution in [1.82, 2.24) is 9.88 Å². The maximum Gasteiger partial charge on any atom is 0.336 e. The number of fused-ring (bicyclic) bond motifs is 1. The number of hydrogen-bond acceptors (Lipinski definition) is 8. The predicted octanol–water partition coefficient (Wildman–Crippen LogP) is 0.605. The molecule has 0 spiro atoms. The van der Waals surface area contributed by atoms with Gasteiger partial charge in [-0.3, -0.25) is 19.5 Å². The number of carboxylic acids is 3. The van der Waals surface area contributed by atoms with E-state index in [1.807, 2.05) is 37.5 Å². The summed E-state index contributed by atoms with van der Waals surface area (Å²) < 4.78 is 23.1. The van der Waals surface area contributed by atoms with Gasteiger partial charge < -0.3 is 20.4 Å². The van der Waals surface area contributed by atoms with E-state index >= 15 is 0 Å². The molecule has 1 aromatic carbocycles. The Morgan fingerprint density at radius 1 is 1.09 bits per heavy atom. The van der Waals surface area contributed by atoms with Gasteiger partial charge in [0.15, 0.2) is 15.4 Å². The molecule has 1 unspecified atom stereocenters. The van der Waals surface area contributed by atoms with Crippen molar-refractivity contribution in [2.75, 3.05) is 18.6 Å². The summed E-state index contributed by atoms with van der Waals surface area (Å²) in [6.45, 7) is 0.753. The first-order valence-electron chi connectivity index (χ1n) is 9.95. The quantitative estimate of drug-likeness (QED) is 0.413. The zero-order valence-corrected chi connectivity index (χ0v) is 18.7. The molecule has 2 heterocycles. The standard InChI is InChI=1S/C15H18N2O2S.C6H8O7/c1-17(13-7-9-20(18,19)11-13)10-12-6-8-16-15-5-3-2-4-14(12)15;7-3(8)1-6(13,5(11)12)2-4(9)10/h2-6,8,13H,7,9-11H2,1H3;13H,1-2H2,(H,7,8)(H,9,10)(H,11,12). The van der Waals surface area contributed by atoms with Crippen LogP contribution in [0.3, 0.4) is 0 Å². The minimum absolute atomic E-state index is 0.131. The normalized spacial score (nSPS) is 17.4. The lowest BCUT2D eigenvalue weighted by atomic mass is 9.96. The van der Waals surface area contributed by atoms with Gasteiger partial charge in [0.1, 0.15) is 0 Å². The van der Waals surface area contributed by atoms with E-state index in [1.54, 1.807) is 0 Å². The van der Waals surface area contributed by atoms with Gasteiger partial charge in [-0.15, -0.1) is 0 Å².